The molecular weight excluding hydrogens is 168 g/mol. The first-order valence-electron chi connectivity index (χ1n) is 4.90. The zero-order valence-corrected chi connectivity index (χ0v) is 7.91. The van der Waals surface area contributed by atoms with E-state index in [1.54, 1.807) is 0 Å². The lowest BCUT2D eigenvalue weighted by Gasteiger charge is -2.34. The number of hydrogen-bond donors (Lipinski definition) is 2. The average Bonchev–Trinajstić information content (AvgIpc) is 2.15. The quantitative estimate of drug-likeness (QED) is 0.661. The van der Waals surface area contributed by atoms with E-state index in [0.29, 0.717) is 19.1 Å². The SMILES string of the molecule is NCC1CCCCN1CCC(=O)O. The van der Waals surface area contributed by atoms with Crippen LogP contribution in [0.4, 0.5) is 0 Å². The molecule has 13 heavy (non-hydrogen) atoms. The first-order chi connectivity index (χ1) is 6.24. The summed E-state index contributed by atoms with van der Waals surface area (Å²) in [6, 6.07) is 0.410. The number of aliphatic carboxylic acids is 1. The molecule has 1 fully saturated rings. The number of nitrogens with two attached hydrogens (primary N) is 1. The molecule has 1 heterocycles. The van der Waals surface area contributed by atoms with Gasteiger partial charge in [0.05, 0.1) is 6.42 Å². The van der Waals surface area contributed by atoms with Gasteiger partial charge >= 0.3 is 5.97 Å². The summed E-state index contributed by atoms with van der Waals surface area (Å²) < 4.78 is 0. The Morgan fingerprint density at radius 3 is 2.92 bits per heavy atom. The van der Waals surface area contributed by atoms with Crippen molar-refractivity contribution in [3.63, 3.8) is 0 Å². The van der Waals surface area contributed by atoms with Gasteiger partial charge in [-0.1, -0.05) is 6.42 Å². The van der Waals surface area contributed by atoms with E-state index >= 15 is 0 Å². The topological polar surface area (TPSA) is 66.6 Å². The summed E-state index contributed by atoms with van der Waals surface area (Å²) in [5, 5.41) is 8.55. The Hall–Kier alpha value is -0.610. The maximum atomic E-state index is 10.4. The van der Waals surface area contributed by atoms with E-state index in [-0.39, 0.29) is 6.42 Å². The number of carbonyl (C=O) groups is 1. The zero-order chi connectivity index (χ0) is 9.68. The van der Waals surface area contributed by atoms with Crippen molar-refractivity contribution in [2.45, 2.75) is 31.7 Å². The molecule has 0 saturated carbocycles. The molecule has 1 aliphatic rings. The molecule has 76 valence electrons. The highest BCUT2D eigenvalue weighted by atomic mass is 16.4. The van der Waals surface area contributed by atoms with Crippen molar-refractivity contribution < 1.29 is 9.90 Å². The average molecular weight is 186 g/mol. The summed E-state index contributed by atoms with van der Waals surface area (Å²) >= 11 is 0. The highest BCUT2D eigenvalue weighted by Crippen LogP contribution is 2.15. The maximum absolute atomic E-state index is 10.4. The van der Waals surface area contributed by atoms with Gasteiger partial charge in [0.1, 0.15) is 0 Å². The predicted molar refractivity (Wildman–Crippen MR) is 50.5 cm³/mol. The Morgan fingerprint density at radius 2 is 2.31 bits per heavy atom. The molecule has 0 radical (unpaired) electrons. The molecule has 0 spiro atoms. The molecule has 0 amide bonds. The van der Waals surface area contributed by atoms with E-state index in [9.17, 15) is 4.79 Å². The Balaban J connectivity index is 2.31. The lowest BCUT2D eigenvalue weighted by atomic mass is 10.0. The number of nitrogens with zero attached hydrogens (tertiary/aromatic N) is 1. The maximum Gasteiger partial charge on any atom is 0.304 e. The van der Waals surface area contributed by atoms with Gasteiger partial charge in [-0.25, -0.2) is 0 Å². The molecule has 0 aromatic heterocycles. The number of likely N-dealkylation sites (tertiary alicyclic amines) is 1. The van der Waals surface area contributed by atoms with Crippen molar-refractivity contribution in [3.8, 4) is 0 Å². The van der Waals surface area contributed by atoms with Crippen LogP contribution in [-0.2, 0) is 4.79 Å². The normalized spacial score (nSPS) is 24.5. The Morgan fingerprint density at radius 1 is 1.54 bits per heavy atom. The standard InChI is InChI=1S/C9H18N2O2/c10-7-8-3-1-2-5-11(8)6-4-9(12)13/h8H,1-7,10H2,(H,12,13). The number of rotatable bonds is 4. The van der Waals surface area contributed by atoms with E-state index in [4.69, 9.17) is 10.8 Å². The van der Waals surface area contributed by atoms with Gasteiger partial charge in [0.2, 0.25) is 0 Å². The fourth-order valence-corrected chi connectivity index (χ4v) is 1.86. The Bertz CT molecular complexity index is 173. The summed E-state index contributed by atoms with van der Waals surface area (Å²) in [5.74, 6) is -0.721. The van der Waals surface area contributed by atoms with E-state index < -0.39 is 5.97 Å². The fourth-order valence-electron chi connectivity index (χ4n) is 1.86. The molecule has 0 aromatic rings. The molecule has 4 nitrogen and oxygen atoms in total. The largest absolute Gasteiger partial charge is 0.481 e. The third-order valence-corrected chi connectivity index (χ3v) is 2.63. The lowest BCUT2D eigenvalue weighted by Crippen LogP contribution is -2.44. The molecule has 4 heteroatoms. The van der Waals surface area contributed by atoms with Crippen LogP contribution in [0.25, 0.3) is 0 Å². The van der Waals surface area contributed by atoms with Crippen LogP contribution in [0.15, 0.2) is 0 Å². The molecule has 1 unspecified atom stereocenters. The zero-order valence-electron chi connectivity index (χ0n) is 7.91. The predicted octanol–water partition coefficient (Wildman–Crippen LogP) is 0.274. The highest BCUT2D eigenvalue weighted by Gasteiger charge is 2.20. The van der Waals surface area contributed by atoms with E-state index in [1.807, 2.05) is 0 Å². The molecule has 1 aliphatic heterocycles. The second kappa shape index (κ2) is 5.19. The second-order valence-corrected chi connectivity index (χ2v) is 3.57. The summed E-state index contributed by atoms with van der Waals surface area (Å²) in [7, 11) is 0. The van der Waals surface area contributed by atoms with Gasteiger partial charge in [0.25, 0.3) is 0 Å². The van der Waals surface area contributed by atoms with Gasteiger partial charge in [0, 0.05) is 19.1 Å². The van der Waals surface area contributed by atoms with E-state index in [0.717, 1.165) is 13.0 Å². The number of carboxylic acids is 1. The lowest BCUT2D eigenvalue weighted by molar-refractivity contribution is -0.137. The third kappa shape index (κ3) is 3.32. The van der Waals surface area contributed by atoms with Crippen molar-refractivity contribution in [3.05, 3.63) is 0 Å². The van der Waals surface area contributed by atoms with Crippen LogP contribution in [0.3, 0.4) is 0 Å². The minimum Gasteiger partial charge on any atom is -0.481 e. The third-order valence-electron chi connectivity index (χ3n) is 2.63. The van der Waals surface area contributed by atoms with Crippen LogP contribution < -0.4 is 5.73 Å². The van der Waals surface area contributed by atoms with Crippen molar-refractivity contribution in [1.29, 1.82) is 0 Å². The van der Waals surface area contributed by atoms with Crippen molar-refractivity contribution in [2.24, 2.45) is 5.73 Å². The van der Waals surface area contributed by atoms with Crippen LogP contribution in [0.2, 0.25) is 0 Å². The minimum absolute atomic E-state index is 0.233. The molecule has 1 atom stereocenters. The minimum atomic E-state index is -0.721. The van der Waals surface area contributed by atoms with Gasteiger partial charge < -0.3 is 10.8 Å². The first kappa shape index (κ1) is 10.5. The second-order valence-electron chi connectivity index (χ2n) is 3.57. The summed E-state index contributed by atoms with van der Waals surface area (Å²) in [6.45, 7) is 2.31. The molecule has 0 aliphatic carbocycles. The van der Waals surface area contributed by atoms with Crippen LogP contribution in [0.1, 0.15) is 25.7 Å². The Labute approximate surface area is 78.7 Å². The Kier molecular flexibility index (Phi) is 4.18. The summed E-state index contributed by atoms with van der Waals surface area (Å²) in [6.07, 6.45) is 3.76. The van der Waals surface area contributed by atoms with Gasteiger partial charge in [-0.2, -0.15) is 0 Å². The van der Waals surface area contributed by atoms with E-state index in [2.05, 4.69) is 4.90 Å². The summed E-state index contributed by atoms with van der Waals surface area (Å²) in [4.78, 5) is 12.6. The molecule has 0 bridgehead atoms. The van der Waals surface area contributed by atoms with Gasteiger partial charge in [-0.05, 0) is 19.4 Å². The van der Waals surface area contributed by atoms with Gasteiger partial charge in [-0.3, -0.25) is 9.69 Å². The number of carboxylic acid groups (broad SMARTS) is 1. The first-order valence-corrected chi connectivity index (χ1v) is 4.90. The molecule has 3 N–H and O–H groups in total. The van der Waals surface area contributed by atoms with Gasteiger partial charge in [-0.15, -0.1) is 0 Å². The number of piperidine rings is 1. The highest BCUT2D eigenvalue weighted by molar-refractivity contribution is 5.66. The molecule has 1 rings (SSSR count). The van der Waals surface area contributed by atoms with Gasteiger partial charge in [0.15, 0.2) is 0 Å². The summed E-state index contributed by atoms with van der Waals surface area (Å²) in [5.41, 5.74) is 5.61. The molecule has 1 saturated heterocycles. The van der Waals surface area contributed by atoms with Crippen LogP contribution in [-0.4, -0.2) is 41.7 Å². The van der Waals surface area contributed by atoms with E-state index in [1.165, 1.54) is 12.8 Å². The monoisotopic (exact) mass is 186 g/mol. The molecular formula is C9H18N2O2. The number of hydrogen-bond acceptors (Lipinski definition) is 3. The van der Waals surface area contributed by atoms with Crippen molar-refractivity contribution >= 4 is 5.97 Å². The van der Waals surface area contributed by atoms with Crippen LogP contribution in [0.5, 0.6) is 0 Å². The smallest absolute Gasteiger partial charge is 0.304 e. The van der Waals surface area contributed by atoms with Crippen LogP contribution >= 0.6 is 0 Å². The fraction of sp³-hybridized carbons (Fsp3) is 0.889. The van der Waals surface area contributed by atoms with Crippen LogP contribution in [0, 0.1) is 0 Å². The van der Waals surface area contributed by atoms with Crippen molar-refractivity contribution in [2.75, 3.05) is 19.6 Å². The van der Waals surface area contributed by atoms with Crippen molar-refractivity contribution in [1.82, 2.24) is 4.90 Å². The molecule has 0 aromatic carbocycles.